The van der Waals surface area contributed by atoms with Crippen LogP contribution in [0.1, 0.15) is 0 Å². The average Bonchev–Trinajstić information content (AvgIpc) is 2.52. The van der Waals surface area contributed by atoms with Gasteiger partial charge in [0.25, 0.3) is 0 Å². The molecule has 0 aliphatic rings. The van der Waals surface area contributed by atoms with Crippen LogP contribution in [0.2, 0.25) is 5.02 Å². The molecule has 5 heteroatoms. The van der Waals surface area contributed by atoms with E-state index in [1.165, 1.54) is 0 Å². The van der Waals surface area contributed by atoms with E-state index in [4.69, 9.17) is 17.3 Å². The third-order valence-corrected chi connectivity index (χ3v) is 2.83. The summed E-state index contributed by atoms with van der Waals surface area (Å²) in [5.74, 6) is 0.502. The monoisotopic (exact) mass is 232 g/mol. The molecule has 80 valence electrons. The number of hydrogen-bond donors (Lipinski definition) is 1. The van der Waals surface area contributed by atoms with E-state index in [-0.39, 0.29) is 0 Å². The van der Waals surface area contributed by atoms with Crippen LogP contribution in [0.5, 0.6) is 0 Å². The van der Waals surface area contributed by atoms with Crippen molar-refractivity contribution in [2.75, 3.05) is 5.73 Å². The Balaban J connectivity index is 2.51. The van der Waals surface area contributed by atoms with Crippen molar-refractivity contribution in [3.05, 3.63) is 29.3 Å². The van der Waals surface area contributed by atoms with Crippen LogP contribution >= 0.6 is 11.6 Å². The molecule has 0 radical (unpaired) electrons. The summed E-state index contributed by atoms with van der Waals surface area (Å²) in [5, 5.41) is 6.69. The number of hydrogen-bond acceptors (Lipinski definition) is 3. The molecule has 16 heavy (non-hydrogen) atoms. The van der Waals surface area contributed by atoms with Crippen LogP contribution in [0.4, 0.5) is 5.82 Å². The number of nitrogen functional groups attached to an aromatic ring is 1. The number of aromatic nitrogens is 3. The largest absolute Gasteiger partial charge is 0.382 e. The number of rotatable bonds is 0. The molecule has 0 unspecified atom stereocenters. The molecule has 3 rings (SSSR count). The zero-order valence-electron chi connectivity index (χ0n) is 8.61. The van der Waals surface area contributed by atoms with Gasteiger partial charge in [-0.2, -0.15) is 5.10 Å². The molecule has 0 amide bonds. The molecule has 2 aromatic heterocycles. The van der Waals surface area contributed by atoms with Gasteiger partial charge in [0, 0.05) is 17.5 Å². The molecule has 0 fully saturated rings. The zero-order chi connectivity index (χ0) is 11.3. The number of nitrogens with zero attached hydrogens (tertiary/aromatic N) is 3. The summed E-state index contributed by atoms with van der Waals surface area (Å²) in [7, 11) is 1.82. The first-order chi connectivity index (χ1) is 7.65. The average molecular weight is 233 g/mol. The topological polar surface area (TPSA) is 56.7 Å². The Morgan fingerprint density at radius 2 is 2.12 bits per heavy atom. The molecule has 0 aliphatic carbocycles. The third kappa shape index (κ3) is 1.23. The highest BCUT2D eigenvalue weighted by atomic mass is 35.5. The minimum Gasteiger partial charge on any atom is -0.382 e. The standard InChI is InChI=1S/C11H9ClN4/c1-16-11-8(10(13)15-16)4-6-2-3-7(12)5-9(6)14-11/h2-5H,1H3,(H2,13,15). The van der Waals surface area contributed by atoms with Crippen LogP contribution in [0, 0.1) is 0 Å². The SMILES string of the molecule is Cn1nc(N)c2cc3ccc(Cl)cc3nc21. The first-order valence-electron chi connectivity index (χ1n) is 4.83. The van der Waals surface area contributed by atoms with Gasteiger partial charge >= 0.3 is 0 Å². The molecule has 4 nitrogen and oxygen atoms in total. The maximum absolute atomic E-state index is 5.93. The van der Waals surface area contributed by atoms with Gasteiger partial charge in [-0.25, -0.2) is 9.67 Å². The second kappa shape index (κ2) is 3.09. The summed E-state index contributed by atoms with van der Waals surface area (Å²) < 4.78 is 1.67. The van der Waals surface area contributed by atoms with E-state index in [0.29, 0.717) is 10.8 Å². The molecule has 0 spiro atoms. The van der Waals surface area contributed by atoms with Crippen LogP contribution in [0.3, 0.4) is 0 Å². The zero-order valence-corrected chi connectivity index (χ0v) is 9.36. The van der Waals surface area contributed by atoms with Gasteiger partial charge in [0.15, 0.2) is 11.5 Å². The Hall–Kier alpha value is -1.81. The maximum Gasteiger partial charge on any atom is 0.160 e. The first kappa shape index (κ1) is 9.42. The maximum atomic E-state index is 5.93. The predicted octanol–water partition coefficient (Wildman–Crippen LogP) is 2.36. The molecular formula is C11H9ClN4. The van der Waals surface area contributed by atoms with Gasteiger partial charge in [0.05, 0.1) is 10.9 Å². The van der Waals surface area contributed by atoms with E-state index in [9.17, 15) is 0 Å². The van der Waals surface area contributed by atoms with Gasteiger partial charge in [-0.3, -0.25) is 0 Å². The number of nitrogens with two attached hydrogens (primary N) is 1. The summed E-state index contributed by atoms with van der Waals surface area (Å²) in [6.07, 6.45) is 0. The fraction of sp³-hybridized carbons (Fsp3) is 0.0909. The van der Waals surface area contributed by atoms with Crippen LogP contribution in [-0.4, -0.2) is 14.8 Å². The third-order valence-electron chi connectivity index (χ3n) is 2.60. The van der Waals surface area contributed by atoms with Crippen molar-refractivity contribution < 1.29 is 0 Å². The second-order valence-corrected chi connectivity index (χ2v) is 4.14. The number of pyridine rings is 1. The minimum atomic E-state index is 0.502. The molecule has 0 saturated heterocycles. The van der Waals surface area contributed by atoms with Crippen molar-refractivity contribution >= 4 is 39.4 Å². The molecule has 2 N–H and O–H groups in total. The highest BCUT2D eigenvalue weighted by Crippen LogP contribution is 2.25. The number of benzene rings is 1. The number of fused-ring (bicyclic) bond motifs is 2. The molecule has 0 atom stereocenters. The van der Waals surface area contributed by atoms with Crippen molar-refractivity contribution in [2.24, 2.45) is 7.05 Å². The van der Waals surface area contributed by atoms with Gasteiger partial charge in [0.1, 0.15) is 0 Å². The van der Waals surface area contributed by atoms with E-state index in [1.54, 1.807) is 4.68 Å². The van der Waals surface area contributed by atoms with E-state index >= 15 is 0 Å². The summed E-state index contributed by atoms with van der Waals surface area (Å²) >= 11 is 5.93. The highest BCUT2D eigenvalue weighted by Gasteiger charge is 2.08. The van der Waals surface area contributed by atoms with Crippen LogP contribution < -0.4 is 5.73 Å². The Bertz CT molecular complexity index is 702. The van der Waals surface area contributed by atoms with Crippen LogP contribution in [0.25, 0.3) is 21.9 Å². The summed E-state index contributed by atoms with van der Waals surface area (Å²) in [4.78, 5) is 4.49. The Morgan fingerprint density at radius 1 is 1.31 bits per heavy atom. The lowest BCUT2D eigenvalue weighted by atomic mass is 10.2. The second-order valence-electron chi connectivity index (χ2n) is 3.71. The highest BCUT2D eigenvalue weighted by molar-refractivity contribution is 6.31. The molecule has 2 heterocycles. The number of anilines is 1. The fourth-order valence-corrected chi connectivity index (χ4v) is 1.99. The van der Waals surface area contributed by atoms with Gasteiger partial charge in [-0.15, -0.1) is 0 Å². The van der Waals surface area contributed by atoms with Crippen LogP contribution in [0.15, 0.2) is 24.3 Å². The number of halogens is 1. The predicted molar refractivity (Wildman–Crippen MR) is 65.4 cm³/mol. The van der Waals surface area contributed by atoms with Crippen molar-refractivity contribution in [3.8, 4) is 0 Å². The molecule has 0 saturated carbocycles. The Labute approximate surface area is 96.6 Å². The smallest absolute Gasteiger partial charge is 0.160 e. The van der Waals surface area contributed by atoms with E-state index in [0.717, 1.165) is 21.9 Å². The van der Waals surface area contributed by atoms with Gasteiger partial charge in [0.2, 0.25) is 0 Å². The number of aryl methyl sites for hydroxylation is 1. The van der Waals surface area contributed by atoms with E-state index in [1.807, 2.05) is 31.3 Å². The van der Waals surface area contributed by atoms with E-state index in [2.05, 4.69) is 10.1 Å². The lowest BCUT2D eigenvalue weighted by Gasteiger charge is -1.99. The summed E-state index contributed by atoms with van der Waals surface area (Å²) in [6, 6.07) is 7.58. The van der Waals surface area contributed by atoms with E-state index < -0.39 is 0 Å². The summed E-state index contributed by atoms with van der Waals surface area (Å²) in [5.41, 5.74) is 7.42. The molecule has 0 bridgehead atoms. The van der Waals surface area contributed by atoms with Crippen molar-refractivity contribution in [1.29, 1.82) is 0 Å². The quantitative estimate of drug-likeness (QED) is 0.647. The molecule has 3 aromatic rings. The lowest BCUT2D eigenvalue weighted by molar-refractivity contribution is 0.792. The lowest BCUT2D eigenvalue weighted by Crippen LogP contribution is -1.92. The van der Waals surface area contributed by atoms with Crippen molar-refractivity contribution in [2.45, 2.75) is 0 Å². The van der Waals surface area contributed by atoms with Gasteiger partial charge in [-0.1, -0.05) is 17.7 Å². The van der Waals surface area contributed by atoms with Crippen molar-refractivity contribution in [3.63, 3.8) is 0 Å². The minimum absolute atomic E-state index is 0.502. The van der Waals surface area contributed by atoms with Gasteiger partial charge < -0.3 is 5.73 Å². The first-order valence-corrected chi connectivity index (χ1v) is 5.21. The Morgan fingerprint density at radius 3 is 2.94 bits per heavy atom. The molecule has 1 aromatic carbocycles. The summed E-state index contributed by atoms with van der Waals surface area (Å²) in [6.45, 7) is 0. The molecule has 0 aliphatic heterocycles. The molecular weight excluding hydrogens is 224 g/mol. The fourth-order valence-electron chi connectivity index (χ4n) is 1.83. The Kier molecular flexibility index (Phi) is 1.82. The van der Waals surface area contributed by atoms with Gasteiger partial charge in [-0.05, 0) is 18.2 Å². The normalized spacial score (nSPS) is 11.4. The van der Waals surface area contributed by atoms with Crippen molar-refractivity contribution in [1.82, 2.24) is 14.8 Å². The van der Waals surface area contributed by atoms with Crippen LogP contribution in [-0.2, 0) is 7.05 Å².